The maximum absolute atomic E-state index is 12.7. The van der Waals surface area contributed by atoms with Gasteiger partial charge in [-0.05, 0) is 18.1 Å². The third-order valence-corrected chi connectivity index (χ3v) is 6.28. The monoisotopic (exact) mass is 460 g/mol. The highest BCUT2D eigenvalue weighted by Gasteiger charge is 2.38. The molecule has 1 fully saturated rings. The summed E-state index contributed by atoms with van der Waals surface area (Å²) in [5, 5.41) is 15.4. The zero-order chi connectivity index (χ0) is 23.1. The van der Waals surface area contributed by atoms with Crippen LogP contribution < -0.4 is 10.6 Å². The van der Waals surface area contributed by atoms with Crippen molar-refractivity contribution in [1.82, 2.24) is 20.5 Å². The Morgan fingerprint density at radius 2 is 2.00 bits per heavy atom. The zero-order valence-electron chi connectivity index (χ0n) is 18.2. The lowest BCUT2D eigenvalue weighted by atomic mass is 10.1. The second-order valence-corrected chi connectivity index (χ2v) is 8.51. The van der Waals surface area contributed by atoms with Crippen molar-refractivity contribution >= 4 is 29.1 Å². The van der Waals surface area contributed by atoms with Gasteiger partial charge in [0.2, 0.25) is 17.7 Å². The van der Waals surface area contributed by atoms with E-state index in [0.29, 0.717) is 6.54 Å². The number of carbonyl (C=O) groups excluding carboxylic acids is 3. The number of ether oxygens (including phenoxy) is 1. The fourth-order valence-corrected chi connectivity index (χ4v) is 4.37. The zero-order valence-corrected chi connectivity index (χ0v) is 19.0. The molecule has 32 heavy (non-hydrogen) atoms. The Morgan fingerprint density at radius 1 is 1.25 bits per heavy atom. The number of methoxy groups -OCH3 is 1. The number of benzene rings is 1. The van der Waals surface area contributed by atoms with Crippen LogP contribution in [-0.2, 0) is 25.7 Å². The molecular weight excluding hydrogens is 432 g/mol. The highest BCUT2D eigenvalue weighted by molar-refractivity contribution is 7.13. The molecule has 1 saturated heterocycles. The van der Waals surface area contributed by atoms with Gasteiger partial charge in [-0.2, -0.15) is 0 Å². The highest BCUT2D eigenvalue weighted by atomic mass is 32.1. The van der Waals surface area contributed by atoms with E-state index in [0.717, 1.165) is 21.7 Å². The number of nitrogens with zero attached hydrogens (tertiary/aromatic N) is 2. The van der Waals surface area contributed by atoms with Crippen LogP contribution in [0.4, 0.5) is 0 Å². The van der Waals surface area contributed by atoms with Crippen molar-refractivity contribution in [2.45, 2.75) is 38.5 Å². The molecule has 0 aliphatic carbocycles. The van der Waals surface area contributed by atoms with Gasteiger partial charge in [0.05, 0.1) is 35.3 Å². The molecule has 3 N–H and O–H groups in total. The smallest absolute Gasteiger partial charge is 0.243 e. The minimum atomic E-state index is -0.777. The fraction of sp³-hybridized carbons (Fsp3) is 0.455. The van der Waals surface area contributed by atoms with E-state index < -0.39 is 18.1 Å². The first-order valence-corrected chi connectivity index (χ1v) is 11.3. The third kappa shape index (κ3) is 6.12. The van der Waals surface area contributed by atoms with E-state index in [4.69, 9.17) is 4.74 Å². The highest BCUT2D eigenvalue weighted by Crippen LogP contribution is 2.27. The van der Waals surface area contributed by atoms with E-state index in [1.807, 2.05) is 36.7 Å². The van der Waals surface area contributed by atoms with Crippen LogP contribution in [0.5, 0.6) is 0 Å². The molecule has 1 aromatic carbocycles. The number of rotatable bonds is 9. The molecule has 0 saturated carbocycles. The topological polar surface area (TPSA) is 121 Å². The normalized spacial score (nSPS) is 17.9. The number of aromatic nitrogens is 1. The summed E-state index contributed by atoms with van der Waals surface area (Å²) < 4.78 is 4.83. The Kier molecular flexibility index (Phi) is 8.32. The summed E-state index contributed by atoms with van der Waals surface area (Å²) in [7, 11) is 1.49. The summed E-state index contributed by atoms with van der Waals surface area (Å²) in [5.41, 5.74) is 4.79. The Hall–Kier alpha value is -2.82. The number of β-amino-alcohol motifs (C(OH)–C–C–N with tert-alkyl or cyclic N) is 1. The Labute approximate surface area is 190 Å². The van der Waals surface area contributed by atoms with E-state index in [1.165, 1.54) is 12.0 Å². The number of nitrogens with one attached hydrogen (secondary N) is 2. The number of carbonyl (C=O) groups is 3. The van der Waals surface area contributed by atoms with Crippen molar-refractivity contribution < 1.29 is 24.2 Å². The number of aliphatic hydroxyl groups is 1. The van der Waals surface area contributed by atoms with Crippen molar-refractivity contribution in [2.75, 3.05) is 26.8 Å². The van der Waals surface area contributed by atoms with Crippen molar-refractivity contribution in [1.29, 1.82) is 0 Å². The largest absolute Gasteiger partial charge is 0.391 e. The summed E-state index contributed by atoms with van der Waals surface area (Å²) in [6.07, 6.45) is -0.461. The molecule has 3 rings (SSSR count). The maximum atomic E-state index is 12.7. The lowest BCUT2D eigenvalue weighted by Gasteiger charge is -2.24. The van der Waals surface area contributed by atoms with Crippen molar-refractivity contribution in [2.24, 2.45) is 0 Å². The van der Waals surface area contributed by atoms with Crippen LogP contribution in [0.15, 0.2) is 29.8 Å². The predicted molar refractivity (Wildman–Crippen MR) is 120 cm³/mol. The molecule has 1 aromatic heterocycles. The number of hydrogen-bond acceptors (Lipinski definition) is 7. The van der Waals surface area contributed by atoms with Crippen LogP contribution in [0.2, 0.25) is 0 Å². The predicted octanol–water partition coefficient (Wildman–Crippen LogP) is 0.849. The van der Waals surface area contributed by atoms with Crippen LogP contribution in [-0.4, -0.2) is 71.7 Å². The SMILES string of the molecule is COCCC(=O)NCC(=O)N1CC(O)CC1C(=O)NCc1ccc(-c2scnc2C)cc1. The van der Waals surface area contributed by atoms with Gasteiger partial charge in [-0.1, -0.05) is 24.3 Å². The average molecular weight is 461 g/mol. The third-order valence-electron chi connectivity index (χ3n) is 5.30. The van der Waals surface area contributed by atoms with Gasteiger partial charge in [-0.25, -0.2) is 4.98 Å². The van der Waals surface area contributed by atoms with Crippen molar-refractivity contribution in [3.8, 4) is 10.4 Å². The minimum absolute atomic E-state index is 0.0633. The van der Waals surface area contributed by atoms with E-state index >= 15 is 0 Å². The molecule has 2 atom stereocenters. The Morgan fingerprint density at radius 3 is 2.66 bits per heavy atom. The van der Waals surface area contributed by atoms with E-state index in [-0.39, 0.29) is 44.4 Å². The van der Waals surface area contributed by atoms with E-state index in [1.54, 1.807) is 11.3 Å². The molecule has 9 nitrogen and oxygen atoms in total. The first kappa shape index (κ1) is 23.8. The quantitative estimate of drug-likeness (QED) is 0.510. The van der Waals surface area contributed by atoms with Crippen LogP contribution in [0.1, 0.15) is 24.1 Å². The van der Waals surface area contributed by atoms with Gasteiger partial charge in [-0.15, -0.1) is 11.3 Å². The summed E-state index contributed by atoms with van der Waals surface area (Å²) in [4.78, 5) is 43.6. The van der Waals surface area contributed by atoms with Gasteiger partial charge in [0, 0.05) is 33.0 Å². The lowest BCUT2D eigenvalue weighted by molar-refractivity contribution is -0.138. The number of hydrogen-bond donors (Lipinski definition) is 3. The number of thiazole rings is 1. The van der Waals surface area contributed by atoms with Crippen LogP contribution in [0.3, 0.4) is 0 Å². The molecule has 2 heterocycles. The Bertz CT molecular complexity index is 946. The van der Waals surface area contributed by atoms with Gasteiger partial charge in [-0.3, -0.25) is 14.4 Å². The standard InChI is InChI=1S/C22H28N4O5S/c1-14-21(32-13-25-14)16-5-3-15(4-6-16)10-24-22(30)18-9-17(27)12-26(18)20(29)11-23-19(28)7-8-31-2/h3-6,13,17-18,27H,7-12H2,1-2H3,(H,23,28)(H,24,30). The molecule has 172 valence electrons. The molecule has 10 heteroatoms. The van der Waals surface area contributed by atoms with Gasteiger partial charge in [0.25, 0.3) is 0 Å². The maximum Gasteiger partial charge on any atom is 0.243 e. The number of amides is 3. The van der Waals surface area contributed by atoms with Gasteiger partial charge >= 0.3 is 0 Å². The van der Waals surface area contributed by atoms with Gasteiger partial charge < -0.3 is 25.4 Å². The first-order chi connectivity index (χ1) is 15.4. The summed E-state index contributed by atoms with van der Waals surface area (Å²) in [5.74, 6) is -1.04. The molecule has 0 radical (unpaired) electrons. The minimum Gasteiger partial charge on any atom is -0.391 e. The number of aryl methyl sites for hydroxylation is 1. The molecule has 2 aromatic rings. The van der Waals surface area contributed by atoms with E-state index in [9.17, 15) is 19.5 Å². The molecule has 3 amide bonds. The second-order valence-electron chi connectivity index (χ2n) is 7.65. The summed E-state index contributed by atoms with van der Waals surface area (Å²) in [6.45, 7) is 2.38. The lowest BCUT2D eigenvalue weighted by Crippen LogP contribution is -2.49. The summed E-state index contributed by atoms with van der Waals surface area (Å²) in [6, 6.07) is 7.09. The fourth-order valence-electron chi connectivity index (χ4n) is 3.56. The number of likely N-dealkylation sites (tertiary alicyclic amines) is 1. The molecule has 0 spiro atoms. The van der Waals surface area contributed by atoms with Gasteiger partial charge in [0.1, 0.15) is 6.04 Å². The molecule has 2 unspecified atom stereocenters. The van der Waals surface area contributed by atoms with Crippen molar-refractivity contribution in [3.05, 3.63) is 41.0 Å². The van der Waals surface area contributed by atoms with Crippen LogP contribution in [0.25, 0.3) is 10.4 Å². The van der Waals surface area contributed by atoms with E-state index in [2.05, 4.69) is 15.6 Å². The van der Waals surface area contributed by atoms with Crippen LogP contribution >= 0.6 is 11.3 Å². The molecule has 1 aliphatic rings. The molecule has 0 bridgehead atoms. The molecule has 1 aliphatic heterocycles. The first-order valence-electron chi connectivity index (χ1n) is 10.4. The van der Waals surface area contributed by atoms with Crippen LogP contribution in [0, 0.1) is 6.92 Å². The van der Waals surface area contributed by atoms with Gasteiger partial charge in [0.15, 0.2) is 0 Å². The van der Waals surface area contributed by atoms with Crippen molar-refractivity contribution in [3.63, 3.8) is 0 Å². The molecular formula is C22H28N4O5S. The summed E-state index contributed by atoms with van der Waals surface area (Å²) >= 11 is 1.58. The average Bonchev–Trinajstić information content (AvgIpc) is 3.40. The Balaban J connectivity index is 1.53. The number of aliphatic hydroxyl groups excluding tert-OH is 1. The second kappa shape index (κ2) is 11.2.